The van der Waals surface area contributed by atoms with Crippen molar-refractivity contribution in [2.45, 2.75) is 66.2 Å². The molecule has 1 aromatic heterocycles. The van der Waals surface area contributed by atoms with Gasteiger partial charge in [-0.1, -0.05) is 71.0 Å². The number of halogens is 2. The maximum Gasteiger partial charge on any atom is 0.232 e. The van der Waals surface area contributed by atoms with Crippen LogP contribution in [0.2, 0.25) is 5.02 Å². The molecule has 0 aliphatic carbocycles. The van der Waals surface area contributed by atoms with Crippen LogP contribution >= 0.6 is 11.6 Å². The van der Waals surface area contributed by atoms with Crippen molar-refractivity contribution >= 4 is 11.6 Å². The Kier molecular flexibility index (Phi) is 12.3. The van der Waals surface area contributed by atoms with Crippen LogP contribution in [0, 0.1) is 11.8 Å². The van der Waals surface area contributed by atoms with Crippen molar-refractivity contribution in [2.75, 3.05) is 6.61 Å². The third-order valence-corrected chi connectivity index (χ3v) is 5.59. The number of hydrogen-bond donors (Lipinski definition) is 2. The molecule has 0 amide bonds. The molecule has 1 rings (SSSR count). The Hall–Kier alpha value is -2.11. The predicted molar refractivity (Wildman–Crippen MR) is 135 cm³/mol. The standard InChI is InChI=1S/C26H39ClFN3O/c1-8-9-10-11-25(29)23(21(7)20(6)19(5)17(2)3)15-30-13-22-12-24(27)26(31-14-22)32-16-18(4)28/h10-12,14-15,17-19,25,30H,6-9,13,16,29H2,1-5H3/b11-10-,23-15-. The third-order valence-electron chi connectivity index (χ3n) is 5.32. The van der Waals surface area contributed by atoms with E-state index in [1.54, 1.807) is 12.3 Å². The Balaban J connectivity index is 2.98. The van der Waals surface area contributed by atoms with E-state index in [0.29, 0.717) is 23.4 Å². The molecule has 1 aromatic rings. The fourth-order valence-corrected chi connectivity index (χ4v) is 3.14. The number of nitrogens with one attached hydrogen (secondary N) is 1. The second-order valence-electron chi connectivity index (χ2n) is 8.48. The van der Waals surface area contributed by atoms with Crippen LogP contribution in [-0.2, 0) is 6.54 Å². The van der Waals surface area contributed by atoms with Gasteiger partial charge in [0.25, 0.3) is 0 Å². The fourth-order valence-electron chi connectivity index (χ4n) is 2.90. The molecule has 0 fully saturated rings. The van der Waals surface area contributed by atoms with Gasteiger partial charge in [0.2, 0.25) is 5.88 Å². The first kappa shape index (κ1) is 27.9. The van der Waals surface area contributed by atoms with Crippen molar-refractivity contribution < 1.29 is 9.13 Å². The second kappa shape index (κ2) is 14.1. The summed E-state index contributed by atoms with van der Waals surface area (Å²) in [6, 6.07) is 1.46. The molecule has 1 heterocycles. The van der Waals surface area contributed by atoms with Crippen LogP contribution < -0.4 is 15.8 Å². The van der Waals surface area contributed by atoms with E-state index < -0.39 is 6.17 Å². The van der Waals surface area contributed by atoms with Gasteiger partial charge in [0.1, 0.15) is 17.8 Å². The number of ether oxygens (including phenoxy) is 1. The minimum absolute atomic E-state index is 0.0827. The summed E-state index contributed by atoms with van der Waals surface area (Å²) in [6.07, 6.45) is 8.60. The van der Waals surface area contributed by atoms with Crippen LogP contribution in [0.25, 0.3) is 0 Å². The fraction of sp³-hybridized carbons (Fsp3) is 0.500. The topological polar surface area (TPSA) is 60.2 Å². The smallest absolute Gasteiger partial charge is 0.232 e. The van der Waals surface area contributed by atoms with E-state index in [2.05, 4.69) is 57.2 Å². The SMILES string of the molecule is C=C(C(=C)C(C)C(C)C)/C(=C/NCc1cnc(OCC(C)F)c(Cl)c1)C(N)/C=C\CCC. The number of unbranched alkanes of at least 4 members (excludes halogenated alkanes) is 1. The lowest BCUT2D eigenvalue weighted by Crippen LogP contribution is -2.25. The van der Waals surface area contributed by atoms with Crippen molar-refractivity contribution in [2.24, 2.45) is 17.6 Å². The van der Waals surface area contributed by atoms with E-state index >= 15 is 0 Å². The van der Waals surface area contributed by atoms with Crippen LogP contribution in [0.5, 0.6) is 5.88 Å². The van der Waals surface area contributed by atoms with Gasteiger partial charge in [0.15, 0.2) is 0 Å². The molecule has 3 unspecified atom stereocenters. The lowest BCUT2D eigenvalue weighted by Gasteiger charge is -2.24. The largest absolute Gasteiger partial charge is 0.474 e. The quantitative estimate of drug-likeness (QED) is 0.243. The van der Waals surface area contributed by atoms with Crippen molar-refractivity contribution in [1.82, 2.24) is 10.3 Å². The first-order valence-electron chi connectivity index (χ1n) is 11.2. The highest BCUT2D eigenvalue weighted by molar-refractivity contribution is 6.31. The molecule has 4 nitrogen and oxygen atoms in total. The van der Waals surface area contributed by atoms with Crippen molar-refractivity contribution in [3.63, 3.8) is 0 Å². The Labute approximate surface area is 198 Å². The molecule has 6 heteroatoms. The second-order valence-corrected chi connectivity index (χ2v) is 8.89. The van der Waals surface area contributed by atoms with E-state index in [9.17, 15) is 4.39 Å². The Morgan fingerprint density at radius 1 is 1.31 bits per heavy atom. The first-order chi connectivity index (χ1) is 15.1. The molecule has 178 valence electrons. The summed E-state index contributed by atoms with van der Waals surface area (Å²) in [5, 5.41) is 3.64. The van der Waals surface area contributed by atoms with E-state index in [4.69, 9.17) is 22.1 Å². The van der Waals surface area contributed by atoms with Gasteiger partial charge in [-0.3, -0.25) is 0 Å². The maximum absolute atomic E-state index is 13.0. The van der Waals surface area contributed by atoms with E-state index in [0.717, 1.165) is 35.1 Å². The average molecular weight is 464 g/mol. The molecule has 32 heavy (non-hydrogen) atoms. The summed E-state index contributed by atoms with van der Waals surface area (Å²) >= 11 is 6.22. The monoisotopic (exact) mass is 463 g/mol. The Morgan fingerprint density at radius 3 is 2.56 bits per heavy atom. The van der Waals surface area contributed by atoms with Crippen molar-refractivity contribution in [1.29, 1.82) is 0 Å². The van der Waals surface area contributed by atoms with Crippen molar-refractivity contribution in [3.8, 4) is 5.88 Å². The number of hydrogen-bond acceptors (Lipinski definition) is 4. The maximum atomic E-state index is 13.0. The summed E-state index contributed by atoms with van der Waals surface area (Å²) in [6.45, 7) is 19.0. The predicted octanol–water partition coefficient (Wildman–Crippen LogP) is 6.53. The van der Waals surface area contributed by atoms with Gasteiger partial charge in [-0.25, -0.2) is 9.37 Å². The van der Waals surface area contributed by atoms with Gasteiger partial charge in [-0.2, -0.15) is 0 Å². The molecule has 0 bridgehead atoms. The number of pyridine rings is 1. The zero-order valence-electron chi connectivity index (χ0n) is 20.1. The number of alkyl halides is 1. The summed E-state index contributed by atoms with van der Waals surface area (Å²) in [7, 11) is 0. The minimum atomic E-state index is -1.09. The lowest BCUT2D eigenvalue weighted by molar-refractivity contribution is 0.204. The number of nitrogens with zero attached hydrogens (tertiary/aromatic N) is 1. The lowest BCUT2D eigenvalue weighted by atomic mass is 9.83. The van der Waals surface area contributed by atoms with E-state index in [1.165, 1.54) is 6.92 Å². The molecule has 0 saturated carbocycles. The number of aromatic nitrogens is 1. The molecule has 0 spiro atoms. The van der Waals surface area contributed by atoms with E-state index in [-0.39, 0.29) is 18.5 Å². The summed E-state index contributed by atoms with van der Waals surface area (Å²) in [5.41, 5.74) is 10.1. The zero-order valence-corrected chi connectivity index (χ0v) is 20.9. The summed E-state index contributed by atoms with van der Waals surface area (Å²) in [5.74, 6) is 0.974. The van der Waals surface area contributed by atoms with Gasteiger partial charge < -0.3 is 15.8 Å². The summed E-state index contributed by atoms with van der Waals surface area (Å²) in [4.78, 5) is 4.19. The number of rotatable bonds is 14. The zero-order chi connectivity index (χ0) is 24.3. The Morgan fingerprint density at radius 2 is 2.00 bits per heavy atom. The van der Waals surface area contributed by atoms with E-state index in [1.807, 2.05) is 12.3 Å². The molecular formula is C26H39ClFN3O. The van der Waals surface area contributed by atoms with Gasteiger partial charge in [-0.15, -0.1) is 0 Å². The van der Waals surface area contributed by atoms with Crippen LogP contribution in [-0.4, -0.2) is 23.8 Å². The van der Waals surface area contributed by atoms with Crippen LogP contribution in [0.15, 0.2) is 60.5 Å². The average Bonchev–Trinajstić information content (AvgIpc) is 2.74. The molecule has 0 aliphatic heterocycles. The van der Waals surface area contributed by atoms with Gasteiger partial charge in [0.05, 0.1) is 6.04 Å². The molecule has 0 aromatic carbocycles. The minimum Gasteiger partial charge on any atom is -0.474 e. The molecule has 3 N–H and O–H groups in total. The molecule has 0 aliphatic rings. The van der Waals surface area contributed by atoms with Gasteiger partial charge in [-0.05, 0) is 53.5 Å². The molecule has 0 radical (unpaired) electrons. The highest BCUT2D eigenvalue weighted by Crippen LogP contribution is 2.29. The van der Waals surface area contributed by atoms with Crippen LogP contribution in [0.3, 0.4) is 0 Å². The molecule has 0 saturated heterocycles. The first-order valence-corrected chi connectivity index (χ1v) is 11.6. The number of allylic oxidation sites excluding steroid dienone is 2. The normalized spacial score (nSPS) is 15.0. The Bertz CT molecular complexity index is 817. The number of nitrogens with two attached hydrogens (primary N) is 1. The molecular weight excluding hydrogens is 425 g/mol. The highest BCUT2D eigenvalue weighted by Gasteiger charge is 2.19. The summed E-state index contributed by atoms with van der Waals surface area (Å²) < 4.78 is 18.3. The van der Waals surface area contributed by atoms with Crippen molar-refractivity contribution in [3.05, 3.63) is 71.1 Å². The van der Waals surface area contributed by atoms with Crippen LogP contribution in [0.1, 0.15) is 53.0 Å². The highest BCUT2D eigenvalue weighted by atomic mass is 35.5. The van der Waals surface area contributed by atoms with Gasteiger partial charge >= 0.3 is 0 Å². The third kappa shape index (κ3) is 9.17. The van der Waals surface area contributed by atoms with Crippen LogP contribution in [0.4, 0.5) is 4.39 Å². The van der Waals surface area contributed by atoms with Gasteiger partial charge in [0, 0.05) is 18.9 Å². The molecule has 3 atom stereocenters.